The summed E-state index contributed by atoms with van der Waals surface area (Å²) in [7, 11) is 0. The summed E-state index contributed by atoms with van der Waals surface area (Å²) < 4.78 is 5.78. The second-order valence-electron chi connectivity index (χ2n) is 7.54. The first-order chi connectivity index (χ1) is 11.3. The van der Waals surface area contributed by atoms with Crippen LogP contribution in [0.4, 0.5) is 0 Å². The van der Waals surface area contributed by atoms with Crippen molar-refractivity contribution in [2.24, 2.45) is 0 Å². The van der Waals surface area contributed by atoms with Crippen LogP contribution >= 0.6 is 12.2 Å². The number of nitrogens with one attached hydrogen (secondary N) is 2. The summed E-state index contributed by atoms with van der Waals surface area (Å²) >= 11 is 5.56. The number of benzene rings is 1. The number of hydrogen-bond acceptors (Lipinski definition) is 3. The van der Waals surface area contributed by atoms with Crippen LogP contribution in [-0.4, -0.2) is 38.3 Å². The molecular weight excluding hydrogens is 322 g/mol. The fourth-order valence-corrected chi connectivity index (χ4v) is 4.74. The van der Waals surface area contributed by atoms with Crippen LogP contribution < -0.4 is 5.32 Å². The Morgan fingerprint density at radius 2 is 2.08 bits per heavy atom. The van der Waals surface area contributed by atoms with Crippen LogP contribution in [0.2, 0.25) is 0 Å². The Balaban J connectivity index is 1.69. The summed E-state index contributed by atoms with van der Waals surface area (Å²) in [5, 5.41) is 5.06. The van der Waals surface area contributed by atoms with E-state index in [0.717, 1.165) is 16.5 Å². The Bertz CT molecular complexity index is 844. The Morgan fingerprint density at radius 3 is 2.88 bits per heavy atom. The number of nitrogens with zero attached hydrogens (tertiary/aromatic N) is 1. The van der Waals surface area contributed by atoms with E-state index >= 15 is 0 Å². The lowest BCUT2D eigenvalue weighted by atomic mass is 9.89. The topological polar surface area (TPSA) is 57.4 Å². The number of H-pyrrole nitrogens is 1. The molecule has 2 saturated heterocycles. The smallest absolute Gasteiger partial charge is 0.331 e. The number of carbonyl (C=O) groups excluding carboxylic acids is 1. The first-order valence-electron chi connectivity index (χ1n) is 8.18. The molecule has 3 heterocycles. The van der Waals surface area contributed by atoms with Crippen molar-refractivity contribution >= 4 is 34.2 Å². The van der Waals surface area contributed by atoms with E-state index in [2.05, 4.69) is 30.2 Å². The van der Waals surface area contributed by atoms with Crippen molar-refractivity contribution in [1.29, 1.82) is 0 Å². The Labute approximate surface area is 146 Å². The third-order valence-corrected chi connectivity index (χ3v) is 5.23. The number of fused-ring (bicyclic) bond motifs is 2. The first-order valence-corrected chi connectivity index (χ1v) is 8.59. The number of hydrogen-bond donors (Lipinski definition) is 2. The molecule has 2 N–H and O–H groups in total. The maximum Gasteiger partial charge on any atom is 0.331 e. The van der Waals surface area contributed by atoms with Crippen molar-refractivity contribution in [2.45, 2.75) is 50.9 Å². The van der Waals surface area contributed by atoms with Gasteiger partial charge in [0.1, 0.15) is 6.04 Å². The highest BCUT2D eigenvalue weighted by atomic mass is 32.1. The van der Waals surface area contributed by atoms with E-state index in [1.807, 2.05) is 36.2 Å². The summed E-state index contributed by atoms with van der Waals surface area (Å²) in [6.45, 7) is 6.10. The molecule has 0 amide bonds. The normalized spacial score (nSPS) is 28.6. The van der Waals surface area contributed by atoms with Gasteiger partial charge in [0.15, 0.2) is 10.8 Å². The van der Waals surface area contributed by atoms with Gasteiger partial charge in [0.2, 0.25) is 0 Å². The van der Waals surface area contributed by atoms with Gasteiger partial charge in [-0.1, -0.05) is 18.2 Å². The molecule has 2 aliphatic rings. The van der Waals surface area contributed by atoms with Crippen LogP contribution in [0.15, 0.2) is 30.5 Å². The molecule has 0 radical (unpaired) electrons. The standard InChI is InChI=1S/C18H21N3O2S/c1-17(2)10-18(3)21(16(24)20-17)14(15(22)23-18)8-11-9-19-13-7-5-4-6-12(11)13/h4-7,9,14,19H,8,10H2,1-3H3,(H,20,24)/t14-,18-/m1/s1. The van der Waals surface area contributed by atoms with Crippen molar-refractivity contribution in [1.82, 2.24) is 15.2 Å². The van der Waals surface area contributed by atoms with E-state index < -0.39 is 11.8 Å². The number of para-hydroxylation sites is 1. The summed E-state index contributed by atoms with van der Waals surface area (Å²) in [6, 6.07) is 7.70. The zero-order valence-electron chi connectivity index (χ0n) is 14.1. The number of rotatable bonds is 2. The van der Waals surface area contributed by atoms with E-state index in [4.69, 9.17) is 17.0 Å². The van der Waals surface area contributed by atoms with Crippen molar-refractivity contribution in [3.05, 3.63) is 36.0 Å². The van der Waals surface area contributed by atoms with Gasteiger partial charge in [0, 0.05) is 35.5 Å². The minimum absolute atomic E-state index is 0.196. The fourth-order valence-electron chi connectivity index (χ4n) is 4.14. The Hall–Kier alpha value is -2.08. The van der Waals surface area contributed by atoms with Gasteiger partial charge in [-0.2, -0.15) is 0 Å². The molecule has 2 fully saturated rings. The van der Waals surface area contributed by atoms with E-state index in [-0.39, 0.29) is 11.5 Å². The van der Waals surface area contributed by atoms with Gasteiger partial charge in [-0.25, -0.2) is 4.79 Å². The van der Waals surface area contributed by atoms with E-state index in [0.29, 0.717) is 18.0 Å². The summed E-state index contributed by atoms with van der Waals surface area (Å²) in [5.41, 5.74) is 1.30. The van der Waals surface area contributed by atoms with E-state index in [1.54, 1.807) is 0 Å². The molecule has 0 aliphatic carbocycles. The molecule has 4 rings (SSSR count). The van der Waals surface area contributed by atoms with Crippen molar-refractivity contribution in [2.75, 3.05) is 0 Å². The molecule has 1 aromatic carbocycles. The minimum atomic E-state index is -0.681. The van der Waals surface area contributed by atoms with Crippen LogP contribution in [-0.2, 0) is 16.0 Å². The highest BCUT2D eigenvalue weighted by molar-refractivity contribution is 7.80. The second-order valence-corrected chi connectivity index (χ2v) is 7.92. The lowest BCUT2D eigenvalue weighted by molar-refractivity contribution is -0.153. The molecular formula is C18H21N3O2S. The number of aromatic amines is 1. The third kappa shape index (κ3) is 2.28. The number of ether oxygens (including phenoxy) is 1. The molecule has 1 aromatic heterocycles. The van der Waals surface area contributed by atoms with Crippen LogP contribution in [0.3, 0.4) is 0 Å². The van der Waals surface area contributed by atoms with Crippen LogP contribution in [0.5, 0.6) is 0 Å². The molecule has 24 heavy (non-hydrogen) atoms. The lowest BCUT2D eigenvalue weighted by Gasteiger charge is -2.48. The third-order valence-electron chi connectivity index (χ3n) is 4.94. The van der Waals surface area contributed by atoms with Gasteiger partial charge in [-0.05, 0) is 44.6 Å². The predicted molar refractivity (Wildman–Crippen MR) is 96.6 cm³/mol. The summed E-state index contributed by atoms with van der Waals surface area (Å²) in [4.78, 5) is 17.8. The van der Waals surface area contributed by atoms with Gasteiger partial charge < -0.3 is 15.0 Å². The lowest BCUT2D eigenvalue weighted by Crippen LogP contribution is -2.66. The summed E-state index contributed by atoms with van der Waals surface area (Å²) in [5.74, 6) is -0.204. The maximum atomic E-state index is 12.6. The van der Waals surface area contributed by atoms with Crippen molar-refractivity contribution in [3.63, 3.8) is 0 Å². The molecule has 126 valence electrons. The average Bonchev–Trinajstić information content (AvgIpc) is 2.97. The van der Waals surface area contributed by atoms with Crippen molar-refractivity contribution in [3.8, 4) is 0 Å². The number of thiocarbonyl (C=S) groups is 1. The maximum absolute atomic E-state index is 12.6. The van der Waals surface area contributed by atoms with Crippen LogP contribution in [0.25, 0.3) is 10.9 Å². The molecule has 2 atom stereocenters. The monoisotopic (exact) mass is 343 g/mol. The SMILES string of the molecule is CC1(C)C[C@@]2(C)OC(=O)[C@@H](Cc3c[nH]c4ccccc34)N2C(=S)N1. The molecule has 0 bridgehead atoms. The number of carbonyl (C=O) groups is 1. The largest absolute Gasteiger partial charge is 0.437 e. The molecule has 2 aromatic rings. The van der Waals surface area contributed by atoms with E-state index in [9.17, 15) is 4.79 Å². The van der Waals surface area contributed by atoms with E-state index in [1.165, 1.54) is 0 Å². The number of aromatic nitrogens is 1. The molecule has 0 saturated carbocycles. The predicted octanol–water partition coefficient (Wildman–Crippen LogP) is 2.71. The van der Waals surface area contributed by atoms with Gasteiger partial charge in [-0.3, -0.25) is 4.90 Å². The highest BCUT2D eigenvalue weighted by Crippen LogP contribution is 2.40. The van der Waals surface area contributed by atoms with Gasteiger partial charge in [-0.15, -0.1) is 0 Å². The van der Waals surface area contributed by atoms with Gasteiger partial charge in [0.05, 0.1) is 0 Å². The molecule has 0 unspecified atom stereocenters. The Morgan fingerprint density at radius 1 is 1.33 bits per heavy atom. The highest BCUT2D eigenvalue weighted by Gasteiger charge is 2.56. The molecule has 0 spiro atoms. The number of esters is 1. The Kier molecular flexibility index (Phi) is 3.19. The van der Waals surface area contributed by atoms with Gasteiger partial charge >= 0.3 is 5.97 Å². The minimum Gasteiger partial charge on any atom is -0.437 e. The summed E-state index contributed by atoms with van der Waals surface area (Å²) in [6.07, 6.45) is 3.23. The quantitative estimate of drug-likeness (QED) is 0.649. The average molecular weight is 343 g/mol. The van der Waals surface area contributed by atoms with Crippen molar-refractivity contribution < 1.29 is 9.53 Å². The fraction of sp³-hybridized carbons (Fsp3) is 0.444. The van der Waals surface area contributed by atoms with Crippen LogP contribution in [0, 0.1) is 0 Å². The molecule has 5 nitrogen and oxygen atoms in total. The zero-order valence-corrected chi connectivity index (χ0v) is 14.9. The van der Waals surface area contributed by atoms with Gasteiger partial charge in [0.25, 0.3) is 0 Å². The second kappa shape index (κ2) is 4.96. The van der Waals surface area contributed by atoms with Crippen LogP contribution in [0.1, 0.15) is 32.8 Å². The first kappa shape index (κ1) is 15.4. The zero-order chi connectivity index (χ0) is 17.1. The molecule has 2 aliphatic heterocycles. The molecule has 6 heteroatoms.